The lowest BCUT2D eigenvalue weighted by molar-refractivity contribution is 1.45. The number of thiophene rings is 1. The Hall–Kier alpha value is -1.30. The topological polar surface area (TPSA) is 23.8 Å². The van der Waals surface area contributed by atoms with Crippen molar-refractivity contribution < 1.29 is 0 Å². The molecule has 15 heavy (non-hydrogen) atoms. The van der Waals surface area contributed by atoms with Gasteiger partial charge in [-0.2, -0.15) is 5.26 Å². The summed E-state index contributed by atoms with van der Waals surface area (Å²) in [6.45, 7) is 1.72. The van der Waals surface area contributed by atoms with E-state index in [0.29, 0.717) is 10.6 Å². The molecule has 1 heterocycles. The summed E-state index contributed by atoms with van der Waals surface area (Å²) >= 11 is 7.78. The molecule has 0 unspecified atom stereocenters. The number of nitriles is 1. The summed E-state index contributed by atoms with van der Waals surface area (Å²) < 4.78 is 1.23. The van der Waals surface area contributed by atoms with Gasteiger partial charge in [-0.1, -0.05) is 17.7 Å². The van der Waals surface area contributed by atoms with Gasteiger partial charge in [-0.3, -0.25) is 0 Å². The van der Waals surface area contributed by atoms with Crippen LogP contribution < -0.4 is 0 Å². The molecule has 0 atom stereocenters. The zero-order valence-electron chi connectivity index (χ0n) is 8.12. The second-order valence-electron chi connectivity index (χ2n) is 3.22. The molecular weight excluding hydrogens is 226 g/mol. The third-order valence-corrected chi connectivity index (χ3v) is 3.60. The number of nitrogens with zero attached hydrogens (tertiary/aromatic N) is 1. The summed E-state index contributed by atoms with van der Waals surface area (Å²) in [7, 11) is 0. The van der Waals surface area contributed by atoms with E-state index >= 15 is 0 Å². The molecule has 0 aliphatic carbocycles. The van der Waals surface area contributed by atoms with Crippen molar-refractivity contribution in [2.24, 2.45) is 0 Å². The van der Waals surface area contributed by atoms with Crippen molar-refractivity contribution in [3.05, 3.63) is 40.8 Å². The van der Waals surface area contributed by atoms with E-state index in [-0.39, 0.29) is 0 Å². The smallest absolute Gasteiger partial charge is 0.0959 e. The first-order valence-corrected chi connectivity index (χ1v) is 5.72. The van der Waals surface area contributed by atoms with Gasteiger partial charge in [0.2, 0.25) is 0 Å². The number of hydrogen-bond donors (Lipinski definition) is 0. The summed E-state index contributed by atoms with van der Waals surface area (Å²) in [6.07, 6.45) is 0. The van der Waals surface area contributed by atoms with Gasteiger partial charge in [-0.05, 0) is 41.5 Å². The second kappa shape index (κ2) is 4.06. The number of rotatable bonds is 1. The van der Waals surface area contributed by atoms with Crippen LogP contribution in [0.1, 0.15) is 12.5 Å². The first-order chi connectivity index (χ1) is 7.22. The quantitative estimate of drug-likeness (QED) is 0.670. The molecule has 0 saturated heterocycles. The fourth-order valence-corrected chi connectivity index (χ4v) is 2.30. The van der Waals surface area contributed by atoms with E-state index in [1.165, 1.54) is 10.1 Å². The summed E-state index contributed by atoms with van der Waals surface area (Å²) in [4.78, 5) is 0. The molecule has 3 heteroatoms. The van der Waals surface area contributed by atoms with Crippen molar-refractivity contribution in [2.75, 3.05) is 0 Å². The average Bonchev–Trinajstić information content (AvgIpc) is 2.73. The van der Waals surface area contributed by atoms with Crippen LogP contribution in [0.4, 0.5) is 0 Å². The predicted molar refractivity (Wildman–Crippen MR) is 65.9 cm³/mol. The molecule has 0 saturated carbocycles. The average molecular weight is 234 g/mol. The molecule has 0 bridgehead atoms. The molecule has 0 fully saturated rings. The first kappa shape index (κ1) is 10.2. The van der Waals surface area contributed by atoms with Gasteiger partial charge in [-0.15, -0.1) is 11.3 Å². The van der Waals surface area contributed by atoms with Crippen molar-refractivity contribution in [1.29, 1.82) is 5.26 Å². The molecule has 0 aliphatic rings. The monoisotopic (exact) mass is 233 g/mol. The minimum atomic E-state index is 0.533. The van der Waals surface area contributed by atoms with E-state index in [4.69, 9.17) is 16.9 Å². The van der Waals surface area contributed by atoms with Gasteiger partial charge >= 0.3 is 0 Å². The van der Waals surface area contributed by atoms with Gasteiger partial charge in [0.15, 0.2) is 0 Å². The lowest BCUT2D eigenvalue weighted by Crippen LogP contribution is -1.80. The first-order valence-electron chi connectivity index (χ1n) is 4.46. The van der Waals surface area contributed by atoms with Gasteiger partial charge in [0.05, 0.1) is 11.1 Å². The van der Waals surface area contributed by atoms with Crippen molar-refractivity contribution in [2.45, 2.75) is 6.92 Å². The zero-order chi connectivity index (χ0) is 10.8. The molecule has 1 aromatic carbocycles. The van der Waals surface area contributed by atoms with Crippen LogP contribution >= 0.6 is 22.9 Å². The van der Waals surface area contributed by atoms with E-state index in [2.05, 4.69) is 12.1 Å². The number of halogens is 1. The number of fused-ring (bicyclic) bond motifs is 1. The van der Waals surface area contributed by atoms with Crippen LogP contribution in [0, 0.1) is 11.3 Å². The van der Waals surface area contributed by atoms with Crippen molar-refractivity contribution in [3.8, 4) is 6.07 Å². The van der Waals surface area contributed by atoms with Crippen LogP contribution in [0.25, 0.3) is 15.1 Å². The van der Waals surface area contributed by atoms with Crippen LogP contribution in [0.2, 0.25) is 0 Å². The van der Waals surface area contributed by atoms with Gasteiger partial charge in [0.25, 0.3) is 0 Å². The third kappa shape index (κ3) is 1.90. The van der Waals surface area contributed by atoms with Crippen LogP contribution in [0.5, 0.6) is 0 Å². The highest BCUT2D eigenvalue weighted by Crippen LogP contribution is 2.28. The Kier molecular flexibility index (Phi) is 2.77. The standard InChI is InChI=1S/C12H8ClNS/c1-8(7-14)12(13)10-2-3-11-9(6-10)4-5-15-11/h2-6H,1H3/b12-8-. The molecular formula is C12H8ClNS. The van der Waals surface area contributed by atoms with Crippen LogP contribution in [-0.4, -0.2) is 0 Å². The van der Waals surface area contributed by atoms with E-state index in [0.717, 1.165) is 5.56 Å². The fourth-order valence-electron chi connectivity index (χ4n) is 1.37. The maximum absolute atomic E-state index is 8.75. The summed E-state index contributed by atoms with van der Waals surface area (Å²) in [5, 5.41) is 12.5. The molecule has 2 rings (SSSR count). The Morgan fingerprint density at radius 2 is 2.20 bits per heavy atom. The molecule has 1 nitrogen and oxygen atoms in total. The van der Waals surface area contributed by atoms with Gasteiger partial charge in [-0.25, -0.2) is 0 Å². The highest BCUT2D eigenvalue weighted by molar-refractivity contribution is 7.17. The Balaban J connectivity index is 2.59. The summed E-state index contributed by atoms with van der Waals surface area (Å²) in [5.74, 6) is 0. The molecule has 0 amide bonds. The van der Waals surface area contributed by atoms with E-state index in [1.54, 1.807) is 18.3 Å². The van der Waals surface area contributed by atoms with Crippen molar-refractivity contribution in [1.82, 2.24) is 0 Å². The van der Waals surface area contributed by atoms with Crippen molar-refractivity contribution in [3.63, 3.8) is 0 Å². The Morgan fingerprint density at radius 3 is 2.93 bits per heavy atom. The minimum absolute atomic E-state index is 0.533. The van der Waals surface area contributed by atoms with Gasteiger partial charge in [0.1, 0.15) is 0 Å². The maximum Gasteiger partial charge on any atom is 0.0959 e. The number of hydrogen-bond acceptors (Lipinski definition) is 2. The summed E-state index contributed by atoms with van der Waals surface area (Å²) in [5.41, 5.74) is 1.45. The Bertz CT molecular complexity index is 575. The maximum atomic E-state index is 8.75. The second-order valence-corrected chi connectivity index (χ2v) is 4.55. The molecule has 74 valence electrons. The molecule has 0 N–H and O–H groups in total. The molecule has 2 aromatic rings. The van der Waals surface area contributed by atoms with Crippen molar-refractivity contribution >= 4 is 38.1 Å². The van der Waals surface area contributed by atoms with E-state index in [9.17, 15) is 0 Å². The van der Waals surface area contributed by atoms with Crippen LogP contribution in [0.15, 0.2) is 35.2 Å². The Labute approximate surface area is 97.2 Å². The molecule has 0 radical (unpaired) electrons. The largest absolute Gasteiger partial charge is 0.193 e. The van der Waals surface area contributed by atoms with Crippen LogP contribution in [0.3, 0.4) is 0 Å². The molecule has 0 spiro atoms. The predicted octanol–water partition coefficient (Wildman–Crippen LogP) is 4.39. The molecule has 1 aromatic heterocycles. The van der Waals surface area contributed by atoms with Gasteiger partial charge < -0.3 is 0 Å². The number of allylic oxidation sites excluding steroid dienone is 1. The Morgan fingerprint density at radius 1 is 1.40 bits per heavy atom. The van der Waals surface area contributed by atoms with E-state index < -0.39 is 0 Å². The molecule has 0 aliphatic heterocycles. The highest BCUT2D eigenvalue weighted by Gasteiger charge is 2.04. The summed E-state index contributed by atoms with van der Waals surface area (Å²) in [6, 6.07) is 10.1. The normalized spacial score (nSPS) is 12.3. The van der Waals surface area contributed by atoms with E-state index in [1.807, 2.05) is 23.6 Å². The highest BCUT2D eigenvalue weighted by atomic mass is 35.5. The lowest BCUT2D eigenvalue weighted by atomic mass is 10.1. The van der Waals surface area contributed by atoms with Gasteiger partial charge in [0, 0.05) is 10.3 Å². The fraction of sp³-hybridized carbons (Fsp3) is 0.0833. The SMILES string of the molecule is C/C(C#N)=C(/Cl)c1ccc2sccc2c1. The number of benzene rings is 1. The van der Waals surface area contributed by atoms with Crippen LogP contribution in [-0.2, 0) is 0 Å². The minimum Gasteiger partial charge on any atom is -0.193 e. The third-order valence-electron chi connectivity index (χ3n) is 2.20. The zero-order valence-corrected chi connectivity index (χ0v) is 9.69. The lowest BCUT2D eigenvalue weighted by Gasteiger charge is -2.00.